The Morgan fingerprint density at radius 1 is 1.44 bits per heavy atom. The molecule has 0 spiro atoms. The summed E-state index contributed by atoms with van der Waals surface area (Å²) in [6.45, 7) is 5.96. The predicted molar refractivity (Wildman–Crippen MR) is 67.4 cm³/mol. The second-order valence-electron chi connectivity index (χ2n) is 4.39. The van der Waals surface area contributed by atoms with Gasteiger partial charge in [-0.25, -0.2) is 4.98 Å². The lowest BCUT2D eigenvalue weighted by Crippen LogP contribution is -1.99. The molecule has 0 aliphatic heterocycles. The molecule has 2 heterocycles. The highest BCUT2D eigenvalue weighted by Crippen LogP contribution is 2.25. The van der Waals surface area contributed by atoms with Crippen molar-refractivity contribution < 1.29 is 5.11 Å². The molecule has 1 N–H and O–H groups in total. The number of aryl methyl sites for hydroxylation is 1. The first-order valence-corrected chi connectivity index (χ1v) is 6.11. The Bertz CT molecular complexity index is 620. The maximum Gasteiger partial charge on any atom is 0.232 e. The van der Waals surface area contributed by atoms with Crippen LogP contribution in [0.3, 0.4) is 0 Å². The summed E-state index contributed by atoms with van der Waals surface area (Å²) >= 11 is 0. The average Bonchev–Trinajstić information content (AvgIpc) is 2.75. The van der Waals surface area contributed by atoms with Crippen molar-refractivity contribution in [3.05, 3.63) is 23.0 Å². The summed E-state index contributed by atoms with van der Waals surface area (Å²) < 4.78 is 1.35. The van der Waals surface area contributed by atoms with Crippen LogP contribution in [0.1, 0.15) is 49.6 Å². The van der Waals surface area contributed by atoms with Gasteiger partial charge in [-0.15, -0.1) is 5.10 Å². The molecule has 0 radical (unpaired) electrons. The molecular formula is C13H16N4O. The lowest BCUT2D eigenvalue weighted by atomic mass is 10.0. The maximum absolute atomic E-state index is 10.0. The van der Waals surface area contributed by atoms with Gasteiger partial charge in [-0.1, -0.05) is 13.8 Å². The number of hydrogen-bond acceptors (Lipinski definition) is 4. The lowest BCUT2D eigenvalue weighted by molar-refractivity contribution is 0.432. The molecule has 0 aliphatic rings. The van der Waals surface area contributed by atoms with Gasteiger partial charge in [0.15, 0.2) is 11.5 Å². The summed E-state index contributed by atoms with van der Waals surface area (Å²) in [5, 5.41) is 23.3. The van der Waals surface area contributed by atoms with Crippen LogP contribution in [0.5, 0.6) is 5.88 Å². The van der Waals surface area contributed by atoms with Crippen LogP contribution in [-0.4, -0.2) is 19.7 Å². The van der Waals surface area contributed by atoms with E-state index in [2.05, 4.69) is 23.9 Å². The molecule has 0 saturated heterocycles. The van der Waals surface area contributed by atoms with Gasteiger partial charge in [0, 0.05) is 5.92 Å². The number of aromatic hydroxyl groups is 1. The quantitative estimate of drug-likeness (QED) is 0.900. The fourth-order valence-corrected chi connectivity index (χ4v) is 2.10. The van der Waals surface area contributed by atoms with Gasteiger partial charge in [0.25, 0.3) is 0 Å². The third kappa shape index (κ3) is 1.80. The van der Waals surface area contributed by atoms with E-state index in [-0.39, 0.29) is 17.4 Å². The second kappa shape index (κ2) is 4.65. The summed E-state index contributed by atoms with van der Waals surface area (Å²) in [5.74, 6) is 0.886. The first kappa shape index (κ1) is 12.4. The van der Waals surface area contributed by atoms with Crippen molar-refractivity contribution in [2.75, 3.05) is 0 Å². The molecule has 2 aromatic rings. The predicted octanol–water partition coefficient (Wildman–Crippen LogP) is 2.52. The highest BCUT2D eigenvalue weighted by molar-refractivity contribution is 5.54. The van der Waals surface area contributed by atoms with E-state index in [4.69, 9.17) is 5.26 Å². The molecule has 2 aromatic heterocycles. The molecule has 0 bridgehead atoms. The second-order valence-corrected chi connectivity index (χ2v) is 4.39. The molecule has 0 unspecified atom stereocenters. The van der Waals surface area contributed by atoms with Gasteiger partial charge in [0.2, 0.25) is 5.88 Å². The van der Waals surface area contributed by atoms with Crippen LogP contribution in [0.4, 0.5) is 0 Å². The van der Waals surface area contributed by atoms with Crippen molar-refractivity contribution in [3.8, 4) is 11.9 Å². The van der Waals surface area contributed by atoms with Crippen molar-refractivity contribution in [1.29, 1.82) is 5.26 Å². The summed E-state index contributed by atoms with van der Waals surface area (Å²) in [6.07, 6.45) is 1.91. The zero-order valence-corrected chi connectivity index (χ0v) is 10.8. The molecule has 2 rings (SSSR count). The zero-order chi connectivity index (χ0) is 13.3. The van der Waals surface area contributed by atoms with E-state index in [0.717, 1.165) is 18.7 Å². The van der Waals surface area contributed by atoms with Gasteiger partial charge in [-0.05, 0) is 31.4 Å². The Morgan fingerprint density at radius 3 is 2.67 bits per heavy atom. The molecule has 0 amide bonds. The molecule has 0 atom stereocenters. The van der Waals surface area contributed by atoms with Crippen LogP contribution < -0.4 is 0 Å². The number of hydrogen-bond donors (Lipinski definition) is 1. The molecule has 0 saturated carbocycles. The Morgan fingerprint density at radius 2 is 2.11 bits per heavy atom. The fraction of sp³-hybridized carbons (Fsp3) is 0.462. The minimum absolute atomic E-state index is 0.128. The molecule has 5 heteroatoms. The lowest BCUT2D eigenvalue weighted by Gasteiger charge is -2.05. The SMILES string of the molecule is CCC(CC)c1nc2cc(C)c(C#N)c(O)n2n1. The molecular weight excluding hydrogens is 228 g/mol. The highest BCUT2D eigenvalue weighted by Gasteiger charge is 2.17. The number of pyridine rings is 1. The Hall–Kier alpha value is -2.09. The number of rotatable bonds is 3. The number of aromatic nitrogens is 3. The molecule has 0 aliphatic carbocycles. The minimum atomic E-state index is -0.128. The van der Waals surface area contributed by atoms with Crippen molar-refractivity contribution in [3.63, 3.8) is 0 Å². The normalized spacial score (nSPS) is 11.1. The van der Waals surface area contributed by atoms with Crippen molar-refractivity contribution >= 4 is 5.65 Å². The average molecular weight is 244 g/mol. The van der Waals surface area contributed by atoms with Crippen LogP contribution in [-0.2, 0) is 0 Å². The number of fused-ring (bicyclic) bond motifs is 1. The summed E-state index contributed by atoms with van der Waals surface area (Å²) in [5.41, 5.74) is 1.56. The Kier molecular flexibility index (Phi) is 3.19. The number of nitriles is 1. The highest BCUT2D eigenvalue weighted by atomic mass is 16.3. The monoisotopic (exact) mass is 244 g/mol. The van der Waals surface area contributed by atoms with Crippen LogP contribution in [0.2, 0.25) is 0 Å². The van der Waals surface area contributed by atoms with E-state index in [1.807, 2.05) is 6.07 Å². The molecule has 18 heavy (non-hydrogen) atoms. The minimum Gasteiger partial charge on any atom is -0.492 e. The summed E-state index contributed by atoms with van der Waals surface area (Å²) in [4.78, 5) is 4.43. The standard InChI is InChI=1S/C13H16N4O/c1-4-9(5-2)12-15-11-6-8(3)10(7-14)13(18)17(11)16-12/h6,9,18H,4-5H2,1-3H3. The smallest absolute Gasteiger partial charge is 0.232 e. The van der Waals surface area contributed by atoms with E-state index in [1.165, 1.54) is 4.52 Å². The third-order valence-corrected chi connectivity index (χ3v) is 3.28. The molecule has 94 valence electrons. The van der Waals surface area contributed by atoms with E-state index >= 15 is 0 Å². The van der Waals surface area contributed by atoms with Gasteiger partial charge >= 0.3 is 0 Å². The topological polar surface area (TPSA) is 74.2 Å². The van der Waals surface area contributed by atoms with E-state index in [0.29, 0.717) is 11.2 Å². The first-order chi connectivity index (χ1) is 8.62. The summed E-state index contributed by atoms with van der Waals surface area (Å²) in [6, 6.07) is 3.76. The summed E-state index contributed by atoms with van der Waals surface area (Å²) in [7, 11) is 0. The Labute approximate surface area is 106 Å². The van der Waals surface area contributed by atoms with E-state index < -0.39 is 0 Å². The van der Waals surface area contributed by atoms with Crippen molar-refractivity contribution in [1.82, 2.24) is 14.6 Å². The maximum atomic E-state index is 10.0. The van der Waals surface area contributed by atoms with Gasteiger partial charge in [-0.3, -0.25) is 0 Å². The van der Waals surface area contributed by atoms with Crippen molar-refractivity contribution in [2.45, 2.75) is 39.5 Å². The Balaban J connectivity index is 2.66. The van der Waals surface area contributed by atoms with Crippen LogP contribution >= 0.6 is 0 Å². The first-order valence-electron chi connectivity index (χ1n) is 6.11. The number of nitrogens with zero attached hydrogens (tertiary/aromatic N) is 4. The van der Waals surface area contributed by atoms with Crippen LogP contribution in [0, 0.1) is 18.3 Å². The molecule has 5 nitrogen and oxygen atoms in total. The van der Waals surface area contributed by atoms with E-state index in [9.17, 15) is 5.11 Å². The van der Waals surface area contributed by atoms with E-state index in [1.54, 1.807) is 13.0 Å². The fourth-order valence-electron chi connectivity index (χ4n) is 2.10. The van der Waals surface area contributed by atoms with Crippen molar-refractivity contribution in [2.24, 2.45) is 0 Å². The van der Waals surface area contributed by atoms with Gasteiger partial charge in [0.1, 0.15) is 11.6 Å². The van der Waals surface area contributed by atoms with Crippen LogP contribution in [0.25, 0.3) is 5.65 Å². The molecule has 0 aromatic carbocycles. The van der Waals surface area contributed by atoms with Gasteiger partial charge in [-0.2, -0.15) is 9.78 Å². The van der Waals surface area contributed by atoms with Gasteiger partial charge < -0.3 is 5.11 Å². The largest absolute Gasteiger partial charge is 0.492 e. The zero-order valence-electron chi connectivity index (χ0n) is 10.8. The third-order valence-electron chi connectivity index (χ3n) is 3.28. The molecule has 0 fully saturated rings. The van der Waals surface area contributed by atoms with Gasteiger partial charge in [0.05, 0.1) is 0 Å². The van der Waals surface area contributed by atoms with Crippen LogP contribution in [0.15, 0.2) is 6.07 Å².